The van der Waals surface area contributed by atoms with E-state index in [9.17, 15) is 5.11 Å². The van der Waals surface area contributed by atoms with Crippen LogP contribution < -0.4 is 10.5 Å². The fourth-order valence-corrected chi connectivity index (χ4v) is 1.91. The molecule has 0 aliphatic rings. The van der Waals surface area contributed by atoms with Gasteiger partial charge in [-0.25, -0.2) is 4.98 Å². The number of benzene rings is 1. The number of nitrogens with zero attached hydrogens (tertiary/aromatic N) is 2. The van der Waals surface area contributed by atoms with Crippen LogP contribution in [0.4, 0.5) is 5.95 Å². The molecule has 0 unspecified atom stereocenters. The summed E-state index contributed by atoms with van der Waals surface area (Å²) in [5, 5.41) is 9.42. The van der Waals surface area contributed by atoms with E-state index in [0.29, 0.717) is 5.95 Å². The number of methoxy groups -OCH3 is 1. The maximum Gasteiger partial charge on any atom is 0.201 e. The highest BCUT2D eigenvalue weighted by atomic mass is 16.5. The van der Waals surface area contributed by atoms with Crippen LogP contribution in [0, 0.1) is 0 Å². The van der Waals surface area contributed by atoms with Gasteiger partial charge in [0.2, 0.25) is 5.95 Å². The number of nitrogens with two attached hydrogens (primary N) is 1. The molecule has 0 saturated carbocycles. The lowest BCUT2D eigenvalue weighted by atomic mass is 10.1. The highest BCUT2D eigenvalue weighted by Gasteiger charge is 2.24. The first-order valence-electron chi connectivity index (χ1n) is 5.43. The molecule has 1 aromatic carbocycles. The first-order valence-corrected chi connectivity index (χ1v) is 5.43. The smallest absolute Gasteiger partial charge is 0.201 e. The van der Waals surface area contributed by atoms with Crippen molar-refractivity contribution in [2.75, 3.05) is 19.5 Å². The average Bonchev–Trinajstić information content (AvgIpc) is 2.64. The average molecular weight is 235 g/mol. The fourth-order valence-electron chi connectivity index (χ4n) is 1.91. The van der Waals surface area contributed by atoms with E-state index in [4.69, 9.17) is 10.5 Å². The second kappa shape index (κ2) is 3.92. The molecule has 0 atom stereocenters. The Balaban J connectivity index is 2.68. The van der Waals surface area contributed by atoms with Gasteiger partial charge in [-0.3, -0.25) is 0 Å². The summed E-state index contributed by atoms with van der Waals surface area (Å²) in [6, 6.07) is 5.58. The molecule has 2 aromatic rings. The maximum absolute atomic E-state index is 9.42. The molecule has 0 bridgehead atoms. The predicted octanol–water partition coefficient (Wildman–Crippen LogP) is 1.35. The summed E-state index contributed by atoms with van der Waals surface area (Å²) in [6.45, 7) is 3.82. The first kappa shape index (κ1) is 11.7. The monoisotopic (exact) mass is 235 g/mol. The molecule has 17 heavy (non-hydrogen) atoms. The Morgan fingerprint density at radius 1 is 1.47 bits per heavy atom. The second-order valence-electron chi connectivity index (χ2n) is 4.63. The lowest BCUT2D eigenvalue weighted by molar-refractivity contribution is 0.169. The summed E-state index contributed by atoms with van der Waals surface area (Å²) in [7, 11) is 1.61. The van der Waals surface area contributed by atoms with Crippen molar-refractivity contribution in [1.82, 2.24) is 9.55 Å². The minimum atomic E-state index is -0.479. The Labute approximate surface area is 99.8 Å². The summed E-state index contributed by atoms with van der Waals surface area (Å²) in [5.41, 5.74) is 7.09. The van der Waals surface area contributed by atoms with E-state index < -0.39 is 5.54 Å². The van der Waals surface area contributed by atoms with Gasteiger partial charge < -0.3 is 20.1 Å². The van der Waals surface area contributed by atoms with Crippen molar-refractivity contribution in [3.8, 4) is 5.75 Å². The Bertz CT molecular complexity index is 546. The zero-order valence-corrected chi connectivity index (χ0v) is 10.3. The fraction of sp³-hybridized carbons (Fsp3) is 0.417. The van der Waals surface area contributed by atoms with Crippen molar-refractivity contribution in [3.05, 3.63) is 18.2 Å². The molecule has 5 nitrogen and oxygen atoms in total. The van der Waals surface area contributed by atoms with Crippen molar-refractivity contribution in [3.63, 3.8) is 0 Å². The van der Waals surface area contributed by atoms with E-state index in [2.05, 4.69) is 4.98 Å². The minimum absolute atomic E-state index is 0.00527. The lowest BCUT2D eigenvalue weighted by Crippen LogP contribution is -2.31. The summed E-state index contributed by atoms with van der Waals surface area (Å²) in [5.74, 6) is 1.14. The number of anilines is 1. The van der Waals surface area contributed by atoms with Crippen molar-refractivity contribution in [1.29, 1.82) is 0 Å². The molecule has 1 aromatic heterocycles. The zero-order chi connectivity index (χ0) is 12.6. The van der Waals surface area contributed by atoms with Crippen LogP contribution in [0.15, 0.2) is 18.2 Å². The van der Waals surface area contributed by atoms with E-state index in [0.717, 1.165) is 16.8 Å². The highest BCUT2D eigenvalue weighted by Crippen LogP contribution is 2.28. The van der Waals surface area contributed by atoms with Crippen LogP contribution in [0.25, 0.3) is 11.0 Å². The first-order chi connectivity index (χ1) is 7.99. The molecule has 0 saturated heterocycles. The Hall–Kier alpha value is -1.75. The lowest BCUT2D eigenvalue weighted by Gasteiger charge is -2.25. The molecule has 2 rings (SSSR count). The van der Waals surface area contributed by atoms with Crippen LogP contribution in [0.2, 0.25) is 0 Å². The third kappa shape index (κ3) is 1.82. The third-order valence-corrected chi connectivity index (χ3v) is 2.88. The van der Waals surface area contributed by atoms with E-state index in [-0.39, 0.29) is 6.61 Å². The zero-order valence-electron chi connectivity index (χ0n) is 10.3. The standard InChI is InChI=1S/C12H17N3O2/c1-12(2,7-16)15-10-5-4-8(17-3)6-9(10)14-11(15)13/h4-6,16H,7H2,1-3H3,(H2,13,14). The van der Waals surface area contributed by atoms with Crippen molar-refractivity contribution in [2.45, 2.75) is 19.4 Å². The van der Waals surface area contributed by atoms with Crippen LogP contribution in [0.5, 0.6) is 5.75 Å². The molecule has 5 heteroatoms. The number of aliphatic hydroxyl groups is 1. The number of rotatable bonds is 3. The quantitative estimate of drug-likeness (QED) is 0.842. The van der Waals surface area contributed by atoms with Gasteiger partial charge >= 0.3 is 0 Å². The molecule has 0 spiro atoms. The number of aliphatic hydroxyl groups excluding tert-OH is 1. The van der Waals surface area contributed by atoms with Gasteiger partial charge in [0.25, 0.3) is 0 Å². The van der Waals surface area contributed by atoms with Crippen molar-refractivity contribution in [2.24, 2.45) is 0 Å². The largest absolute Gasteiger partial charge is 0.497 e. The molecule has 0 aliphatic heterocycles. The number of hydrogen-bond acceptors (Lipinski definition) is 4. The molecule has 0 radical (unpaired) electrons. The van der Waals surface area contributed by atoms with Gasteiger partial charge in [-0.1, -0.05) is 0 Å². The van der Waals surface area contributed by atoms with Crippen LogP contribution in [0.1, 0.15) is 13.8 Å². The second-order valence-corrected chi connectivity index (χ2v) is 4.63. The van der Waals surface area contributed by atoms with Gasteiger partial charge in [-0.2, -0.15) is 0 Å². The number of aromatic nitrogens is 2. The van der Waals surface area contributed by atoms with Gasteiger partial charge in [-0.15, -0.1) is 0 Å². The Kier molecular flexibility index (Phi) is 2.71. The molecule has 92 valence electrons. The van der Waals surface area contributed by atoms with Gasteiger partial charge in [0.15, 0.2) is 0 Å². The van der Waals surface area contributed by atoms with Crippen molar-refractivity contribution < 1.29 is 9.84 Å². The van der Waals surface area contributed by atoms with Crippen LogP contribution >= 0.6 is 0 Å². The number of imidazole rings is 1. The Morgan fingerprint density at radius 2 is 2.18 bits per heavy atom. The maximum atomic E-state index is 9.42. The number of hydrogen-bond donors (Lipinski definition) is 2. The molecular weight excluding hydrogens is 218 g/mol. The van der Waals surface area contributed by atoms with Gasteiger partial charge in [0, 0.05) is 6.07 Å². The minimum Gasteiger partial charge on any atom is -0.497 e. The third-order valence-electron chi connectivity index (χ3n) is 2.88. The number of fused-ring (bicyclic) bond motifs is 1. The number of ether oxygens (including phenoxy) is 1. The summed E-state index contributed by atoms with van der Waals surface area (Å²) >= 11 is 0. The van der Waals surface area contributed by atoms with Gasteiger partial charge in [-0.05, 0) is 26.0 Å². The summed E-state index contributed by atoms with van der Waals surface area (Å²) in [6.07, 6.45) is 0. The molecular formula is C12H17N3O2. The topological polar surface area (TPSA) is 73.3 Å². The predicted molar refractivity (Wildman–Crippen MR) is 67.1 cm³/mol. The SMILES string of the molecule is COc1ccc2c(c1)nc(N)n2C(C)(C)CO. The van der Waals surface area contributed by atoms with E-state index in [1.807, 2.05) is 36.6 Å². The van der Waals surface area contributed by atoms with E-state index in [1.54, 1.807) is 7.11 Å². The molecule has 0 fully saturated rings. The Morgan fingerprint density at radius 3 is 2.76 bits per heavy atom. The normalized spacial score (nSPS) is 12.0. The van der Waals surface area contributed by atoms with Gasteiger partial charge in [0.05, 0.1) is 30.3 Å². The van der Waals surface area contributed by atoms with Crippen LogP contribution in [-0.4, -0.2) is 28.4 Å². The van der Waals surface area contributed by atoms with E-state index >= 15 is 0 Å². The van der Waals surface area contributed by atoms with Gasteiger partial charge in [0.1, 0.15) is 5.75 Å². The molecule has 1 heterocycles. The van der Waals surface area contributed by atoms with Crippen molar-refractivity contribution >= 4 is 17.0 Å². The highest BCUT2D eigenvalue weighted by molar-refractivity contribution is 5.80. The molecule has 0 aliphatic carbocycles. The van der Waals surface area contributed by atoms with E-state index in [1.165, 1.54) is 0 Å². The molecule has 3 N–H and O–H groups in total. The summed E-state index contributed by atoms with van der Waals surface area (Å²) in [4.78, 5) is 4.29. The summed E-state index contributed by atoms with van der Waals surface area (Å²) < 4.78 is 6.98. The number of nitrogen functional groups attached to an aromatic ring is 1. The molecule has 0 amide bonds. The van der Waals surface area contributed by atoms with Crippen LogP contribution in [0.3, 0.4) is 0 Å². The van der Waals surface area contributed by atoms with Crippen LogP contribution in [-0.2, 0) is 5.54 Å².